The van der Waals surface area contributed by atoms with Gasteiger partial charge in [-0.2, -0.15) is 0 Å². The molecule has 0 unspecified atom stereocenters. The number of carbonyl (C=O) groups is 2. The molecule has 488 valence electrons. The zero-order chi connectivity index (χ0) is 65.7. The van der Waals surface area contributed by atoms with Crippen LogP contribution in [0.1, 0.15) is 13.8 Å². The van der Waals surface area contributed by atoms with Crippen LogP contribution >= 0.6 is 31.7 Å². The van der Waals surface area contributed by atoms with Crippen molar-refractivity contribution in [2.45, 2.75) is 13.8 Å². The molecule has 0 amide bonds. The first-order valence-corrected chi connectivity index (χ1v) is 36.2. The van der Waals surface area contributed by atoms with Crippen LogP contribution in [0.2, 0.25) is 0 Å². The van der Waals surface area contributed by atoms with E-state index in [4.69, 9.17) is 57.7 Å². The van der Waals surface area contributed by atoms with Crippen molar-refractivity contribution in [3.63, 3.8) is 0 Å². The van der Waals surface area contributed by atoms with Gasteiger partial charge in [0.25, 0.3) is 0 Å². The largest absolute Gasteiger partial charge is 2.00 e. The van der Waals surface area contributed by atoms with Crippen LogP contribution in [0, 0.1) is 0 Å². The van der Waals surface area contributed by atoms with E-state index >= 15 is 0 Å². The number of hydrogen-bond acceptors (Lipinski definition) is 12. The summed E-state index contributed by atoms with van der Waals surface area (Å²) in [7, 11) is -3.87. The number of aliphatic carboxylic acids is 2. The van der Waals surface area contributed by atoms with Gasteiger partial charge in [-0.3, -0.25) is 0 Å². The van der Waals surface area contributed by atoms with Gasteiger partial charge in [0.05, 0.1) is 0 Å². The Labute approximate surface area is 600 Å². The average Bonchev–Trinajstić information content (AvgIpc) is 1.33. The molecule has 0 saturated heterocycles. The number of ether oxygens (including phenoxy) is 8. The molecule has 0 aromatic heterocycles. The normalized spacial score (nSPS) is 12.2. The summed E-state index contributed by atoms with van der Waals surface area (Å²) in [5.74, 6) is 3.81. The zero-order valence-electron chi connectivity index (χ0n) is 52.9. The van der Waals surface area contributed by atoms with Crippen molar-refractivity contribution in [3.8, 4) is 68.2 Å². The van der Waals surface area contributed by atoms with E-state index in [0.29, 0.717) is 0 Å². The molecule has 0 aliphatic carbocycles. The van der Waals surface area contributed by atoms with Crippen molar-refractivity contribution in [2.75, 3.05) is 27.2 Å². The molecule has 4 heterocycles. The van der Waals surface area contributed by atoms with Crippen molar-refractivity contribution in [1.29, 1.82) is 0 Å². The Bertz CT molecular complexity index is 3910. The maximum Gasteiger partial charge on any atom is 2.00 e. The second-order valence-electron chi connectivity index (χ2n) is 21.8. The van der Waals surface area contributed by atoms with Crippen LogP contribution in [-0.2, 0) is 48.5 Å². The fraction of sp³-hybridized carbons (Fsp3) is 0.0750. The Kier molecular flexibility index (Phi) is 24.0. The summed E-state index contributed by atoms with van der Waals surface area (Å²) in [5.41, 5.74) is 4.04. The first-order chi connectivity index (χ1) is 47.2. The first-order valence-electron chi connectivity index (χ1n) is 30.9. The molecule has 98 heavy (non-hydrogen) atoms. The molecule has 0 saturated carbocycles. The second kappa shape index (κ2) is 33.5. The molecule has 0 bridgehead atoms. The number of fused-ring (bicyclic) bond motifs is 4. The zero-order valence-corrected chi connectivity index (χ0v) is 60.0. The number of benzene rings is 12. The number of rotatable bonds is 14. The molecular weight excluding hydrogens is 1480 g/mol. The van der Waals surface area contributed by atoms with Crippen LogP contribution in [0.4, 0.5) is 0 Å². The van der Waals surface area contributed by atoms with E-state index in [-0.39, 0.29) is 66.1 Å². The first kappa shape index (κ1) is 70.3. The topological polar surface area (TPSA) is 154 Å². The summed E-state index contributed by atoms with van der Waals surface area (Å²) in [5, 5.41) is 32.6. The second-order valence-corrected chi connectivity index (χ2v) is 30.5. The summed E-state index contributed by atoms with van der Waals surface area (Å²) in [6.07, 6.45) is 0. The van der Waals surface area contributed by atoms with E-state index in [2.05, 4.69) is 291 Å². The summed E-state index contributed by atoms with van der Waals surface area (Å²) >= 11 is 0. The van der Waals surface area contributed by atoms with Gasteiger partial charge < -0.3 is 57.7 Å². The third kappa shape index (κ3) is 15.6. The predicted molar refractivity (Wildman–Crippen MR) is 384 cm³/mol. The average molecular weight is 1540 g/mol. The Morgan fingerprint density at radius 1 is 0.245 bits per heavy atom. The third-order valence-electron chi connectivity index (χ3n) is 15.6. The van der Waals surface area contributed by atoms with Crippen LogP contribution in [0.5, 0.6) is 46.0 Å². The van der Waals surface area contributed by atoms with Crippen molar-refractivity contribution < 1.29 is 96.7 Å². The van der Waals surface area contributed by atoms with Crippen molar-refractivity contribution >= 4 is 107 Å². The standard InChI is InChI=1S/2C38H28O4P2.2C2H4O2.2Ru/c2*1-5-13-27(14-6-1)43(28-15-7-2-8-16-28)33-23-21-31-37(41-25-39-31)35(33)36-34(24-22-32-38(36)42-26-40-32)44(29-17-9-3-10-18-29)30-19-11-4-12-20-30;2*1-2(3)4;;/h2*1-24H,25-26H2;2*1H3,(H,3,4);;/q;;;;2*+2/p-2. The molecule has 4 aliphatic heterocycles. The van der Waals surface area contributed by atoms with E-state index in [1.165, 1.54) is 63.7 Å². The maximum absolute atomic E-state index is 8.89. The van der Waals surface area contributed by atoms with E-state index in [0.717, 1.165) is 82.1 Å². The Balaban J connectivity index is 0.000000176. The number of hydrogen-bond donors (Lipinski definition) is 0. The van der Waals surface area contributed by atoms with E-state index in [1.807, 2.05) is 0 Å². The molecule has 4 aliphatic rings. The molecule has 12 nitrogen and oxygen atoms in total. The van der Waals surface area contributed by atoms with Gasteiger partial charge in [0, 0.05) is 34.2 Å². The third-order valence-corrected chi connectivity index (χ3v) is 25.6. The molecule has 0 fully saturated rings. The summed E-state index contributed by atoms with van der Waals surface area (Å²) in [6.45, 7) is 2.64. The van der Waals surface area contributed by atoms with Crippen molar-refractivity contribution in [1.82, 2.24) is 0 Å². The van der Waals surface area contributed by atoms with Gasteiger partial charge in [-0.05, 0) is 158 Å². The molecule has 0 radical (unpaired) electrons. The smallest absolute Gasteiger partial charge is 0.550 e. The minimum absolute atomic E-state index is 0. The van der Waals surface area contributed by atoms with Crippen LogP contribution in [0.25, 0.3) is 22.3 Å². The molecular formula is C80H62O12P4Ru2+2. The van der Waals surface area contributed by atoms with Crippen LogP contribution < -0.4 is 112 Å². The summed E-state index contributed by atoms with van der Waals surface area (Å²) in [6, 6.07) is 103. The van der Waals surface area contributed by atoms with Gasteiger partial charge in [0.1, 0.15) is 0 Å². The fourth-order valence-corrected chi connectivity index (χ4v) is 21.7. The van der Waals surface area contributed by atoms with E-state index in [9.17, 15) is 0 Å². The number of carbonyl (C=O) groups excluding carboxylic acids is 2. The molecule has 0 N–H and O–H groups in total. The molecule has 0 spiro atoms. The molecule has 12 aromatic carbocycles. The molecule has 18 heteroatoms. The van der Waals surface area contributed by atoms with Gasteiger partial charge in [0.2, 0.25) is 27.2 Å². The van der Waals surface area contributed by atoms with E-state index < -0.39 is 43.6 Å². The van der Waals surface area contributed by atoms with Gasteiger partial charge >= 0.3 is 39.0 Å². The fourth-order valence-electron chi connectivity index (χ4n) is 11.9. The Morgan fingerprint density at radius 2 is 0.388 bits per heavy atom. The van der Waals surface area contributed by atoms with Crippen LogP contribution in [-0.4, -0.2) is 39.1 Å². The van der Waals surface area contributed by atoms with Crippen LogP contribution in [0.15, 0.2) is 291 Å². The van der Waals surface area contributed by atoms with Gasteiger partial charge in [-0.25, -0.2) is 0 Å². The SMILES string of the molecule is CC(=O)[O-].CC(=O)[O-].[Ru+2].[Ru+2].c1ccc(P(c2ccccc2)c2ccc3c(c2-c2c(P(c4ccccc4)c4ccccc4)ccc4c2OCO4)OCO3)cc1.c1ccc(P(c2ccccc2)c2ccc3c(c2-c2c(P(c4ccccc4)c4ccccc4)ccc4c2OCO4)OCO3)cc1. The van der Waals surface area contributed by atoms with E-state index in [1.54, 1.807) is 0 Å². The van der Waals surface area contributed by atoms with Crippen LogP contribution in [0.3, 0.4) is 0 Å². The van der Waals surface area contributed by atoms with Crippen molar-refractivity contribution in [3.05, 3.63) is 291 Å². The molecule has 16 rings (SSSR count). The number of carboxylic acids is 2. The van der Waals surface area contributed by atoms with Gasteiger partial charge in [0.15, 0.2) is 46.0 Å². The Hall–Kier alpha value is -9.05. The van der Waals surface area contributed by atoms with Crippen molar-refractivity contribution in [2.24, 2.45) is 0 Å². The number of carboxylic acid groups (broad SMARTS) is 2. The molecule has 12 aromatic rings. The monoisotopic (exact) mass is 1540 g/mol. The summed E-state index contributed by atoms with van der Waals surface area (Å²) < 4.78 is 49.5. The maximum atomic E-state index is 8.89. The van der Waals surface area contributed by atoms with Gasteiger partial charge in [-0.1, -0.05) is 243 Å². The minimum Gasteiger partial charge on any atom is -0.550 e. The molecule has 0 atom stereocenters. The predicted octanol–water partition coefficient (Wildman–Crippen LogP) is 10.2. The Morgan fingerprint density at radius 3 is 0.531 bits per heavy atom. The minimum atomic E-state index is -1.08. The quantitative estimate of drug-likeness (QED) is 0.0752. The van der Waals surface area contributed by atoms with Gasteiger partial charge in [-0.15, -0.1) is 0 Å². The summed E-state index contributed by atoms with van der Waals surface area (Å²) in [4.78, 5) is 17.8.